The van der Waals surface area contributed by atoms with Crippen molar-refractivity contribution in [1.29, 1.82) is 0 Å². The van der Waals surface area contributed by atoms with Gasteiger partial charge in [0.1, 0.15) is 12.6 Å². The third kappa shape index (κ3) is 34.3. The van der Waals surface area contributed by atoms with Crippen molar-refractivity contribution in [2.45, 2.75) is 21.3 Å². The molecule has 9 heteroatoms. The average Bonchev–Trinajstić information content (AvgIpc) is 3.27. The van der Waals surface area contributed by atoms with Gasteiger partial charge in [0.05, 0.1) is 14.2 Å². The van der Waals surface area contributed by atoms with Crippen LogP contribution in [0.5, 0.6) is 23.0 Å². The van der Waals surface area contributed by atoms with Gasteiger partial charge in [0.2, 0.25) is 0 Å². The van der Waals surface area contributed by atoms with Gasteiger partial charge in [-0.3, -0.25) is 14.4 Å². The molecule has 0 atom stereocenters. The van der Waals surface area contributed by atoms with E-state index in [0.717, 1.165) is 5.56 Å². The van der Waals surface area contributed by atoms with Crippen LogP contribution in [0, 0.1) is 178 Å². The van der Waals surface area contributed by atoms with E-state index in [4.69, 9.17) is 14.3 Å². The number of phenolic OH excluding ortho intramolecular Hbond substituents is 2. The summed E-state index contributed by atoms with van der Waals surface area (Å²) in [6.07, 6.45) is 6.20. The molecule has 0 heterocycles. The van der Waals surface area contributed by atoms with Gasteiger partial charge < -0.3 is 19.7 Å². The number of allylic oxidation sites excluding steroid dienone is 2. The number of methoxy groups -OCH3 is 2. The fourth-order valence-corrected chi connectivity index (χ4v) is 3.63. The molecule has 0 fully saturated rings. The summed E-state index contributed by atoms with van der Waals surface area (Å²) in [5.41, 5.74) is 1.22. The van der Waals surface area contributed by atoms with Crippen molar-refractivity contribution in [2.24, 2.45) is 0 Å². The normalized spacial score (nSPS) is 6.44. The maximum Gasteiger partial charge on any atom is 0.161 e. The summed E-state index contributed by atoms with van der Waals surface area (Å²) in [5, 5.41) is 18.6. The van der Waals surface area contributed by atoms with Gasteiger partial charge in [0, 0.05) is 85.6 Å². The Morgan fingerprint density at radius 1 is 0.476 bits per heavy atom. The van der Waals surface area contributed by atoms with E-state index in [-0.39, 0.29) is 18.9 Å². The first-order chi connectivity index (χ1) is 30.2. The topological polar surface area (TPSA) is 110 Å². The maximum atomic E-state index is 10.4. The zero-order valence-electron chi connectivity index (χ0n) is 33.2. The number of phenols is 2. The van der Waals surface area contributed by atoms with Gasteiger partial charge in [-0.25, -0.2) is 0 Å². The highest BCUT2D eigenvalue weighted by Crippen LogP contribution is 2.33. The van der Waals surface area contributed by atoms with E-state index in [0.29, 0.717) is 44.9 Å². The van der Waals surface area contributed by atoms with Crippen LogP contribution in [-0.2, 0) is 9.59 Å². The van der Waals surface area contributed by atoms with Gasteiger partial charge in [-0.2, -0.15) is 0 Å². The van der Waals surface area contributed by atoms with Gasteiger partial charge in [-0.1, -0.05) is 47.9 Å². The molecule has 0 aliphatic heterocycles. The van der Waals surface area contributed by atoms with Crippen molar-refractivity contribution in [3.63, 3.8) is 0 Å². The molecule has 0 unspecified atom stereocenters. The van der Waals surface area contributed by atoms with E-state index >= 15 is 0 Å². The molecule has 0 saturated heterocycles. The Labute approximate surface area is 387 Å². The Morgan fingerprint density at radius 2 is 0.730 bits per heavy atom. The van der Waals surface area contributed by atoms with Crippen LogP contribution in [0.1, 0.15) is 37.2 Å². The number of carbonyl (C=O) groups is 3. The molecule has 0 radical (unpaired) electrons. The number of aromatic hydroxyl groups is 2. The lowest BCUT2D eigenvalue weighted by Crippen LogP contribution is -1.88. The standard InChI is InChI=1S/C32H6.C10H9BrO3.C8H7BrO3.C3H4O.CH4/c1-3-5-7-9-11-13-15-17-19-21-23-25-27-29-31-32-30-28-26-24-22-20-18-16-14-12-10-8-6-4-2;1-14-10-5-7(3-2-4-12)8(11)6-9(10)13;1-12-8-2-5(4-10)6(9)3-7(8)11;1-2-3-4;/h1-2H3;2-6,13H,1H3;2-4,11H,1H3;2-3H,1H2;1H4/b;3-2+;;;. The van der Waals surface area contributed by atoms with Crippen LogP contribution in [-0.4, -0.2) is 43.3 Å². The molecule has 2 aromatic carbocycles. The monoisotopic (exact) mass is 948 g/mol. The quantitative estimate of drug-likeness (QED) is 0.195. The molecule has 0 spiro atoms. The molecular formula is C54H30Br2O7. The first-order valence-electron chi connectivity index (χ1n) is 16.3. The lowest BCUT2D eigenvalue weighted by Gasteiger charge is -2.05. The molecule has 7 nitrogen and oxygen atoms in total. The maximum absolute atomic E-state index is 10.4. The number of halogens is 2. The Balaban J connectivity index is -0.000000943. The Morgan fingerprint density at radius 3 is 0.952 bits per heavy atom. The minimum Gasteiger partial charge on any atom is -0.504 e. The molecule has 2 rings (SSSR count). The minimum atomic E-state index is 0. The van der Waals surface area contributed by atoms with E-state index in [1.807, 2.05) is 0 Å². The van der Waals surface area contributed by atoms with E-state index in [1.54, 1.807) is 26.0 Å². The van der Waals surface area contributed by atoms with Gasteiger partial charge in [-0.15, -0.1) is 0 Å². The van der Waals surface area contributed by atoms with E-state index in [1.165, 1.54) is 44.6 Å². The summed E-state index contributed by atoms with van der Waals surface area (Å²) >= 11 is 6.38. The number of hydrogen-bond donors (Lipinski definition) is 2. The Hall–Kier alpha value is -9.51. The predicted molar refractivity (Wildman–Crippen MR) is 256 cm³/mol. The highest BCUT2D eigenvalue weighted by atomic mass is 79.9. The van der Waals surface area contributed by atoms with Crippen molar-refractivity contribution in [1.82, 2.24) is 0 Å². The van der Waals surface area contributed by atoms with Crippen LogP contribution < -0.4 is 9.47 Å². The highest BCUT2D eigenvalue weighted by molar-refractivity contribution is 9.10. The van der Waals surface area contributed by atoms with E-state index in [9.17, 15) is 19.8 Å². The van der Waals surface area contributed by atoms with Gasteiger partial charge in [0.25, 0.3) is 0 Å². The first-order valence-corrected chi connectivity index (χ1v) is 17.9. The van der Waals surface area contributed by atoms with Gasteiger partial charge in [0.15, 0.2) is 29.3 Å². The van der Waals surface area contributed by atoms with E-state index in [2.05, 4.69) is 216 Å². The zero-order chi connectivity index (χ0) is 46.3. The number of rotatable bonds is 6. The van der Waals surface area contributed by atoms with Crippen LogP contribution in [0.15, 0.2) is 51.9 Å². The summed E-state index contributed by atoms with van der Waals surface area (Å²) in [4.78, 5) is 29.6. The minimum absolute atomic E-state index is 0. The van der Waals surface area contributed by atoms with Gasteiger partial charge in [-0.05, 0) is 166 Å². The lowest BCUT2D eigenvalue weighted by molar-refractivity contribution is -0.104. The number of aldehydes is 3. The molecular weight excluding hydrogens is 920 g/mol. The largest absolute Gasteiger partial charge is 0.504 e. The lowest BCUT2D eigenvalue weighted by atomic mass is 10.2. The molecule has 63 heavy (non-hydrogen) atoms. The second-order valence-electron chi connectivity index (χ2n) is 9.08. The van der Waals surface area contributed by atoms with Crippen LogP contribution in [0.4, 0.5) is 0 Å². The summed E-state index contributed by atoms with van der Waals surface area (Å²) < 4.78 is 11.0. The molecule has 0 aliphatic rings. The number of benzene rings is 2. The summed E-state index contributed by atoms with van der Waals surface area (Å²) in [6.45, 7) is 6.50. The molecule has 0 amide bonds. The summed E-state index contributed by atoms with van der Waals surface area (Å²) in [5.74, 6) is 76.3. The van der Waals surface area contributed by atoms with E-state index < -0.39 is 0 Å². The second kappa shape index (κ2) is 43.6. The SMILES string of the molecule is C.C=CC=O.CC#CC#CC#CC#CC#CC#CC#CC#CC#CC#CC#CC#CC#CC#CC#CC.COc1cc(/C=C/C=O)c(Br)cc1O.COc1cc(C=O)c(Br)cc1O. The highest BCUT2D eigenvalue weighted by Gasteiger charge is 2.07. The van der Waals surface area contributed by atoms with Crippen LogP contribution in [0.25, 0.3) is 6.08 Å². The average molecular weight is 951 g/mol. The molecule has 0 saturated carbocycles. The Bertz CT molecular complexity index is 2870. The molecule has 0 bridgehead atoms. The third-order valence-electron chi connectivity index (χ3n) is 5.11. The van der Waals surface area contributed by atoms with Crippen molar-refractivity contribution in [3.8, 4) is 201 Å². The number of ether oxygens (including phenoxy) is 2. The fourth-order valence-electron chi connectivity index (χ4n) is 2.74. The van der Waals surface area contributed by atoms with Crippen molar-refractivity contribution < 1.29 is 34.1 Å². The molecule has 302 valence electrons. The predicted octanol–water partition coefficient (Wildman–Crippen LogP) is 6.44. The molecule has 2 N–H and O–H groups in total. The first kappa shape index (κ1) is 57.8. The van der Waals surface area contributed by atoms with Crippen molar-refractivity contribution in [2.75, 3.05) is 14.2 Å². The summed E-state index contributed by atoms with van der Waals surface area (Å²) in [6, 6.07) is 6.04. The molecule has 0 aliphatic carbocycles. The zero-order valence-corrected chi connectivity index (χ0v) is 36.3. The number of hydrogen-bond acceptors (Lipinski definition) is 7. The smallest absolute Gasteiger partial charge is 0.161 e. The van der Waals surface area contributed by atoms with Crippen LogP contribution >= 0.6 is 31.9 Å². The molecule has 2 aromatic rings. The van der Waals surface area contributed by atoms with Crippen LogP contribution in [0.3, 0.4) is 0 Å². The van der Waals surface area contributed by atoms with Crippen molar-refractivity contribution >= 4 is 56.8 Å². The van der Waals surface area contributed by atoms with Crippen molar-refractivity contribution in [3.05, 3.63) is 63.1 Å². The second-order valence-corrected chi connectivity index (χ2v) is 10.8. The van der Waals surface area contributed by atoms with Crippen LogP contribution in [0.2, 0.25) is 0 Å². The fraction of sp³-hybridized carbons (Fsp3) is 0.0926. The third-order valence-corrected chi connectivity index (χ3v) is 6.48. The van der Waals surface area contributed by atoms with Gasteiger partial charge >= 0.3 is 0 Å². The molecule has 0 aromatic heterocycles. The summed E-state index contributed by atoms with van der Waals surface area (Å²) in [7, 11) is 2.90. The number of carbonyl (C=O) groups excluding carboxylic acids is 3. The Kier molecular flexibility index (Phi) is 40.0.